The average Bonchev–Trinajstić information content (AvgIpc) is 2.95. The Kier molecular flexibility index (Phi) is 4.31. The molecule has 0 saturated heterocycles. The summed E-state index contributed by atoms with van der Waals surface area (Å²) in [5, 5.41) is 9.45. The molecule has 0 atom stereocenters. The molecule has 2 aromatic heterocycles. The van der Waals surface area contributed by atoms with E-state index >= 15 is 0 Å². The van der Waals surface area contributed by atoms with Gasteiger partial charge < -0.3 is 15.4 Å². The summed E-state index contributed by atoms with van der Waals surface area (Å²) in [4.78, 5) is 24.0. The Morgan fingerprint density at radius 2 is 2.05 bits per heavy atom. The smallest absolute Gasteiger partial charge is 0.323 e. The van der Waals surface area contributed by atoms with Crippen molar-refractivity contribution in [2.75, 3.05) is 19.4 Å². The van der Waals surface area contributed by atoms with Crippen molar-refractivity contribution in [3.8, 4) is 12.0 Å². The molecule has 0 bridgehead atoms. The SMILES string of the molecule is CNC(=O)c1ccn(-c2nc(NC)nc(OC(C)C)n2)n1. The third kappa shape index (κ3) is 3.44. The normalized spacial score (nSPS) is 10.5. The van der Waals surface area contributed by atoms with Crippen LogP contribution in [-0.4, -0.2) is 50.8 Å². The highest BCUT2D eigenvalue weighted by atomic mass is 16.5. The first-order valence-corrected chi connectivity index (χ1v) is 6.42. The monoisotopic (exact) mass is 291 g/mol. The minimum atomic E-state index is -0.282. The van der Waals surface area contributed by atoms with Crippen LogP contribution in [0.4, 0.5) is 5.95 Å². The van der Waals surface area contributed by atoms with Crippen molar-refractivity contribution in [3.63, 3.8) is 0 Å². The second-order valence-corrected chi connectivity index (χ2v) is 4.38. The third-order valence-electron chi connectivity index (χ3n) is 2.42. The minimum Gasteiger partial charge on any atom is -0.461 e. The molecule has 0 radical (unpaired) electrons. The van der Waals surface area contributed by atoms with E-state index in [-0.39, 0.29) is 29.7 Å². The van der Waals surface area contributed by atoms with Crippen LogP contribution in [0.2, 0.25) is 0 Å². The second-order valence-electron chi connectivity index (χ2n) is 4.38. The number of nitrogens with zero attached hydrogens (tertiary/aromatic N) is 5. The number of ether oxygens (including phenoxy) is 1. The van der Waals surface area contributed by atoms with Crippen LogP contribution in [0.25, 0.3) is 5.95 Å². The largest absolute Gasteiger partial charge is 0.461 e. The van der Waals surface area contributed by atoms with Gasteiger partial charge >= 0.3 is 6.01 Å². The molecule has 9 heteroatoms. The Morgan fingerprint density at radius 3 is 2.67 bits per heavy atom. The Morgan fingerprint density at radius 1 is 1.29 bits per heavy atom. The lowest BCUT2D eigenvalue weighted by atomic mass is 10.4. The summed E-state index contributed by atoms with van der Waals surface area (Å²) in [6, 6.07) is 1.77. The van der Waals surface area contributed by atoms with Crippen molar-refractivity contribution in [1.82, 2.24) is 30.0 Å². The van der Waals surface area contributed by atoms with E-state index in [0.29, 0.717) is 5.95 Å². The van der Waals surface area contributed by atoms with E-state index in [1.54, 1.807) is 19.3 Å². The topological polar surface area (TPSA) is 107 Å². The maximum Gasteiger partial charge on any atom is 0.323 e. The number of carbonyl (C=O) groups is 1. The van der Waals surface area contributed by atoms with Crippen LogP contribution in [-0.2, 0) is 0 Å². The summed E-state index contributed by atoms with van der Waals surface area (Å²) >= 11 is 0. The molecule has 2 heterocycles. The van der Waals surface area contributed by atoms with E-state index in [0.717, 1.165) is 0 Å². The van der Waals surface area contributed by atoms with Gasteiger partial charge in [-0.05, 0) is 19.9 Å². The van der Waals surface area contributed by atoms with Crippen LogP contribution in [0.5, 0.6) is 6.01 Å². The van der Waals surface area contributed by atoms with Crippen LogP contribution in [0, 0.1) is 0 Å². The molecule has 0 spiro atoms. The zero-order valence-corrected chi connectivity index (χ0v) is 12.3. The first kappa shape index (κ1) is 14.7. The lowest BCUT2D eigenvalue weighted by Crippen LogP contribution is -2.19. The first-order chi connectivity index (χ1) is 10.0. The van der Waals surface area contributed by atoms with Gasteiger partial charge in [0.15, 0.2) is 5.69 Å². The number of carbonyl (C=O) groups excluding carboxylic acids is 1. The predicted molar refractivity (Wildman–Crippen MR) is 75.6 cm³/mol. The number of hydrogen-bond donors (Lipinski definition) is 2. The number of amides is 1. The number of anilines is 1. The molecule has 0 aliphatic rings. The third-order valence-corrected chi connectivity index (χ3v) is 2.42. The Balaban J connectivity index is 2.38. The molecule has 0 aromatic carbocycles. The quantitative estimate of drug-likeness (QED) is 0.812. The van der Waals surface area contributed by atoms with Crippen LogP contribution >= 0.6 is 0 Å². The molecular weight excluding hydrogens is 274 g/mol. The van der Waals surface area contributed by atoms with Crippen LogP contribution in [0.1, 0.15) is 24.3 Å². The maximum absolute atomic E-state index is 11.5. The maximum atomic E-state index is 11.5. The summed E-state index contributed by atoms with van der Waals surface area (Å²) in [6.07, 6.45) is 1.53. The second kappa shape index (κ2) is 6.16. The zero-order chi connectivity index (χ0) is 15.4. The van der Waals surface area contributed by atoms with Crippen molar-refractivity contribution in [1.29, 1.82) is 0 Å². The molecule has 2 rings (SSSR count). The van der Waals surface area contributed by atoms with Gasteiger partial charge in [-0.1, -0.05) is 0 Å². The van der Waals surface area contributed by atoms with Crippen LogP contribution < -0.4 is 15.4 Å². The molecule has 112 valence electrons. The number of hydrogen-bond acceptors (Lipinski definition) is 7. The highest BCUT2D eigenvalue weighted by molar-refractivity contribution is 5.91. The highest BCUT2D eigenvalue weighted by Crippen LogP contribution is 2.12. The zero-order valence-electron chi connectivity index (χ0n) is 12.3. The molecule has 0 aliphatic heterocycles. The van der Waals surface area contributed by atoms with Gasteiger partial charge in [0.25, 0.3) is 11.9 Å². The van der Waals surface area contributed by atoms with Gasteiger partial charge in [-0.15, -0.1) is 0 Å². The molecule has 21 heavy (non-hydrogen) atoms. The molecule has 1 amide bonds. The first-order valence-electron chi connectivity index (χ1n) is 6.42. The molecule has 0 fully saturated rings. The van der Waals surface area contributed by atoms with Gasteiger partial charge in [0.05, 0.1) is 6.10 Å². The van der Waals surface area contributed by atoms with E-state index in [4.69, 9.17) is 4.74 Å². The molecule has 9 nitrogen and oxygen atoms in total. The fraction of sp³-hybridized carbons (Fsp3) is 0.417. The average molecular weight is 291 g/mol. The molecule has 0 unspecified atom stereocenters. The molecule has 0 saturated carbocycles. The van der Waals surface area contributed by atoms with Gasteiger partial charge in [-0.3, -0.25) is 4.79 Å². The van der Waals surface area contributed by atoms with Crippen molar-refractivity contribution in [3.05, 3.63) is 18.0 Å². The molecule has 0 aliphatic carbocycles. The number of nitrogens with one attached hydrogen (secondary N) is 2. The lowest BCUT2D eigenvalue weighted by Gasteiger charge is -2.09. The Bertz CT molecular complexity index is 638. The van der Waals surface area contributed by atoms with Gasteiger partial charge in [0.1, 0.15) is 0 Å². The van der Waals surface area contributed by atoms with Crippen molar-refractivity contribution in [2.24, 2.45) is 0 Å². The van der Waals surface area contributed by atoms with Crippen molar-refractivity contribution in [2.45, 2.75) is 20.0 Å². The van der Waals surface area contributed by atoms with E-state index < -0.39 is 0 Å². The minimum absolute atomic E-state index is 0.0657. The van der Waals surface area contributed by atoms with Gasteiger partial charge in [-0.25, -0.2) is 4.68 Å². The Hall–Kier alpha value is -2.71. The lowest BCUT2D eigenvalue weighted by molar-refractivity contribution is 0.0957. The van der Waals surface area contributed by atoms with Gasteiger partial charge in [0.2, 0.25) is 5.95 Å². The number of rotatable bonds is 5. The summed E-state index contributed by atoms with van der Waals surface area (Å²) in [5.74, 6) is 0.336. The standard InChI is InChI=1S/C12H17N7O2/c1-7(2)21-12-16-10(14-4)15-11(17-12)19-6-5-8(18-19)9(20)13-3/h5-7H,1-4H3,(H,13,20)(H,14,15,16,17). The number of aromatic nitrogens is 5. The van der Waals surface area contributed by atoms with Crippen molar-refractivity contribution >= 4 is 11.9 Å². The van der Waals surface area contributed by atoms with Crippen LogP contribution in [0.15, 0.2) is 12.3 Å². The van der Waals surface area contributed by atoms with Gasteiger partial charge in [-0.2, -0.15) is 20.1 Å². The predicted octanol–water partition coefficient (Wildman–Crippen LogP) is 0.246. The van der Waals surface area contributed by atoms with Gasteiger partial charge in [0, 0.05) is 20.3 Å². The van der Waals surface area contributed by atoms with E-state index in [9.17, 15) is 4.79 Å². The molecular formula is C12H17N7O2. The van der Waals surface area contributed by atoms with Crippen LogP contribution in [0.3, 0.4) is 0 Å². The van der Waals surface area contributed by atoms with Crippen molar-refractivity contribution < 1.29 is 9.53 Å². The summed E-state index contributed by atoms with van der Waals surface area (Å²) in [6.45, 7) is 3.75. The fourth-order valence-electron chi connectivity index (χ4n) is 1.51. The highest BCUT2D eigenvalue weighted by Gasteiger charge is 2.13. The summed E-state index contributed by atoms with van der Waals surface area (Å²) in [7, 11) is 3.23. The summed E-state index contributed by atoms with van der Waals surface area (Å²) in [5.41, 5.74) is 0.273. The fourth-order valence-corrected chi connectivity index (χ4v) is 1.51. The summed E-state index contributed by atoms with van der Waals surface area (Å²) < 4.78 is 6.86. The van der Waals surface area contributed by atoms with E-state index in [1.165, 1.54) is 11.7 Å². The van der Waals surface area contributed by atoms with E-state index in [2.05, 4.69) is 30.7 Å². The van der Waals surface area contributed by atoms with E-state index in [1.807, 2.05) is 13.8 Å². The Labute approximate surface area is 121 Å². The molecule has 2 aromatic rings. The molecule has 2 N–H and O–H groups in total.